The van der Waals surface area contributed by atoms with E-state index < -0.39 is 0 Å². The second-order valence-electron chi connectivity index (χ2n) is 8.37. The van der Waals surface area contributed by atoms with Crippen molar-refractivity contribution in [1.82, 2.24) is 29.8 Å². The molecule has 30 heavy (non-hydrogen) atoms. The molecule has 1 aliphatic carbocycles. The first-order valence-corrected chi connectivity index (χ1v) is 10.3. The lowest BCUT2D eigenvalue weighted by atomic mass is 9.96. The summed E-state index contributed by atoms with van der Waals surface area (Å²) < 4.78 is 12.8. The number of piperidine rings is 1. The van der Waals surface area contributed by atoms with Crippen molar-refractivity contribution in [2.45, 2.75) is 44.1 Å². The maximum absolute atomic E-state index is 12.3. The van der Waals surface area contributed by atoms with Gasteiger partial charge in [-0.25, -0.2) is 4.79 Å². The largest absolute Gasteiger partial charge is 0.443 e. The number of pyridine rings is 1. The maximum atomic E-state index is 12.3. The maximum Gasteiger partial charge on any atom is 0.410 e. The Balaban J connectivity index is 1.25. The van der Waals surface area contributed by atoms with Gasteiger partial charge in [0.1, 0.15) is 5.60 Å². The Labute approximate surface area is 174 Å². The number of amides is 1. The second kappa shape index (κ2) is 7.23. The molecule has 2 fully saturated rings. The average molecular weight is 408 g/mol. The van der Waals surface area contributed by atoms with Gasteiger partial charge in [-0.3, -0.25) is 9.67 Å². The van der Waals surface area contributed by atoms with Crippen molar-refractivity contribution in [2.75, 3.05) is 13.1 Å². The molecular formula is C21H24N6O3. The van der Waals surface area contributed by atoms with Gasteiger partial charge in [-0.05, 0) is 44.7 Å². The molecular weight excluding hydrogens is 384 g/mol. The van der Waals surface area contributed by atoms with Crippen LogP contribution in [0.25, 0.3) is 22.7 Å². The smallest absolute Gasteiger partial charge is 0.410 e. The molecule has 4 heterocycles. The lowest BCUT2D eigenvalue weighted by Crippen LogP contribution is -2.40. The number of carbonyl (C=O) groups excluding carboxylic acids is 1. The monoisotopic (exact) mass is 408 g/mol. The molecule has 9 heteroatoms. The predicted octanol–water partition coefficient (Wildman–Crippen LogP) is 3.40. The molecule has 9 nitrogen and oxygen atoms in total. The van der Waals surface area contributed by atoms with Crippen LogP contribution < -0.4 is 0 Å². The van der Waals surface area contributed by atoms with Crippen LogP contribution in [0.4, 0.5) is 4.79 Å². The number of hydrogen-bond acceptors (Lipinski definition) is 7. The van der Waals surface area contributed by atoms with Crippen molar-refractivity contribution in [3.63, 3.8) is 0 Å². The minimum atomic E-state index is -0.240. The van der Waals surface area contributed by atoms with E-state index in [1.807, 2.05) is 32.3 Å². The van der Waals surface area contributed by atoms with Crippen molar-refractivity contribution in [3.05, 3.63) is 36.5 Å². The first-order chi connectivity index (χ1) is 14.5. The summed E-state index contributed by atoms with van der Waals surface area (Å²) in [6.45, 7) is 3.27. The highest BCUT2D eigenvalue weighted by atomic mass is 16.6. The highest BCUT2D eigenvalue weighted by Crippen LogP contribution is 2.39. The topological polar surface area (TPSA) is 99.2 Å². The molecule has 0 spiro atoms. The van der Waals surface area contributed by atoms with Crippen molar-refractivity contribution in [2.24, 2.45) is 7.05 Å². The molecule has 156 valence electrons. The van der Waals surface area contributed by atoms with Crippen molar-refractivity contribution < 1.29 is 14.1 Å². The summed E-state index contributed by atoms with van der Waals surface area (Å²) in [6.07, 6.45) is 8.70. The average Bonchev–Trinajstić information content (AvgIpc) is 3.13. The Morgan fingerprint density at radius 1 is 1.27 bits per heavy atom. The normalized spacial score (nSPS) is 18.4. The van der Waals surface area contributed by atoms with Crippen molar-refractivity contribution in [1.29, 1.82) is 0 Å². The summed E-state index contributed by atoms with van der Waals surface area (Å²) in [5.41, 5.74) is 2.31. The van der Waals surface area contributed by atoms with E-state index in [0.29, 0.717) is 24.8 Å². The predicted molar refractivity (Wildman–Crippen MR) is 107 cm³/mol. The van der Waals surface area contributed by atoms with Crippen LogP contribution in [0.3, 0.4) is 0 Å². The van der Waals surface area contributed by atoms with E-state index in [1.54, 1.807) is 22.0 Å². The van der Waals surface area contributed by atoms with Crippen LogP contribution in [-0.4, -0.2) is 54.6 Å². The molecule has 5 rings (SSSR count). The Kier molecular flexibility index (Phi) is 4.52. The first-order valence-electron chi connectivity index (χ1n) is 10.3. The molecule has 0 N–H and O–H groups in total. The fraction of sp³-hybridized carbons (Fsp3) is 0.476. The van der Waals surface area contributed by atoms with Gasteiger partial charge < -0.3 is 14.2 Å². The minimum absolute atomic E-state index is 0.169. The molecule has 1 aliphatic heterocycles. The Morgan fingerprint density at radius 3 is 2.77 bits per heavy atom. The summed E-state index contributed by atoms with van der Waals surface area (Å²) in [7, 11) is 1.87. The number of ether oxygens (including phenoxy) is 1. The van der Waals surface area contributed by atoms with Crippen molar-refractivity contribution >= 4 is 6.09 Å². The van der Waals surface area contributed by atoms with E-state index in [4.69, 9.17) is 9.26 Å². The number of rotatable bonds is 4. The summed E-state index contributed by atoms with van der Waals surface area (Å²) in [4.78, 5) is 23.1. The quantitative estimate of drug-likeness (QED) is 0.652. The van der Waals surface area contributed by atoms with Gasteiger partial charge in [0.05, 0.1) is 11.9 Å². The van der Waals surface area contributed by atoms with Gasteiger partial charge in [-0.1, -0.05) is 5.16 Å². The molecule has 0 aromatic carbocycles. The van der Waals surface area contributed by atoms with E-state index in [2.05, 4.69) is 20.2 Å². The zero-order chi connectivity index (χ0) is 20.7. The molecule has 1 saturated carbocycles. The van der Waals surface area contributed by atoms with Gasteiger partial charge in [-0.15, -0.1) is 0 Å². The second-order valence-corrected chi connectivity index (χ2v) is 8.37. The van der Waals surface area contributed by atoms with Crippen LogP contribution in [0, 0.1) is 0 Å². The molecule has 0 unspecified atom stereocenters. The summed E-state index contributed by atoms with van der Waals surface area (Å²) >= 11 is 0. The third kappa shape index (κ3) is 3.79. The van der Waals surface area contributed by atoms with Crippen molar-refractivity contribution in [3.8, 4) is 22.7 Å². The Bertz CT molecular complexity index is 1060. The third-order valence-electron chi connectivity index (χ3n) is 5.86. The van der Waals surface area contributed by atoms with E-state index >= 15 is 0 Å². The lowest BCUT2D eigenvalue weighted by Gasteiger charge is -2.30. The molecule has 3 aromatic rings. The Hall–Kier alpha value is -3.23. The summed E-state index contributed by atoms with van der Waals surface area (Å²) in [5.74, 6) is 1.33. The van der Waals surface area contributed by atoms with Gasteiger partial charge in [0, 0.05) is 49.6 Å². The van der Waals surface area contributed by atoms with Crippen LogP contribution >= 0.6 is 0 Å². The van der Waals surface area contributed by atoms with E-state index in [-0.39, 0.29) is 17.6 Å². The van der Waals surface area contributed by atoms with Crippen LogP contribution in [0.1, 0.15) is 44.3 Å². The zero-order valence-corrected chi connectivity index (χ0v) is 17.1. The minimum Gasteiger partial charge on any atom is -0.443 e. The van der Waals surface area contributed by atoms with E-state index in [0.717, 1.165) is 42.5 Å². The highest BCUT2D eigenvalue weighted by molar-refractivity contribution is 5.68. The van der Waals surface area contributed by atoms with Crippen LogP contribution in [0.5, 0.6) is 0 Å². The SMILES string of the molecule is Cn1cc(-c2cc(-c3nc(C4CCN(C(=O)OC5(C)CC5)CC4)no3)ccn2)cn1. The number of likely N-dealkylation sites (tertiary alicyclic amines) is 1. The number of hydrogen-bond donors (Lipinski definition) is 0. The van der Waals surface area contributed by atoms with Gasteiger partial charge in [-0.2, -0.15) is 10.1 Å². The van der Waals surface area contributed by atoms with Crippen LogP contribution in [0.15, 0.2) is 35.2 Å². The van der Waals surface area contributed by atoms with Gasteiger partial charge in [0.25, 0.3) is 5.89 Å². The molecule has 3 aromatic heterocycles. The molecule has 1 amide bonds. The number of aryl methyl sites for hydroxylation is 1. The fourth-order valence-electron chi connectivity index (χ4n) is 3.67. The lowest BCUT2D eigenvalue weighted by molar-refractivity contribution is 0.0518. The number of carbonyl (C=O) groups is 1. The number of aromatic nitrogens is 5. The van der Waals surface area contributed by atoms with Gasteiger partial charge in [0.15, 0.2) is 5.82 Å². The van der Waals surface area contributed by atoms with Crippen LogP contribution in [-0.2, 0) is 11.8 Å². The first kappa shape index (κ1) is 18.8. The molecule has 0 radical (unpaired) electrons. The molecule has 0 atom stereocenters. The third-order valence-corrected chi connectivity index (χ3v) is 5.86. The standard InChI is InChI=1S/C21H24N6O3/c1-21(6-7-21)29-20(28)27-9-4-14(5-10-27)18-24-19(30-25-18)15-3-8-22-17(11-15)16-12-23-26(2)13-16/h3,8,11-14H,4-7,9-10H2,1-2H3. The number of nitrogens with zero attached hydrogens (tertiary/aromatic N) is 6. The van der Waals surface area contributed by atoms with Gasteiger partial charge in [0.2, 0.25) is 0 Å². The fourth-order valence-corrected chi connectivity index (χ4v) is 3.67. The van der Waals surface area contributed by atoms with Gasteiger partial charge >= 0.3 is 6.09 Å². The summed E-state index contributed by atoms with van der Waals surface area (Å²) in [5, 5.41) is 8.39. The van der Waals surface area contributed by atoms with E-state index in [1.165, 1.54) is 0 Å². The molecule has 2 aliphatic rings. The molecule has 1 saturated heterocycles. The van der Waals surface area contributed by atoms with Crippen LogP contribution in [0.2, 0.25) is 0 Å². The Morgan fingerprint density at radius 2 is 2.07 bits per heavy atom. The molecule has 0 bridgehead atoms. The zero-order valence-electron chi connectivity index (χ0n) is 17.1. The summed E-state index contributed by atoms with van der Waals surface area (Å²) in [6, 6.07) is 3.78. The van der Waals surface area contributed by atoms with E-state index in [9.17, 15) is 4.79 Å². The highest BCUT2D eigenvalue weighted by Gasteiger charge is 2.43.